The summed E-state index contributed by atoms with van der Waals surface area (Å²) in [7, 11) is 0. The molecule has 0 heterocycles. The highest BCUT2D eigenvalue weighted by atomic mass is 16.4. The molecule has 2 heteroatoms. The fraction of sp³-hybridized carbons (Fsp3) is 0.900. The van der Waals surface area contributed by atoms with Crippen LogP contribution in [0.4, 0.5) is 0 Å². The first kappa shape index (κ1) is 11.5. The monoisotopic (exact) mass is 172 g/mol. The summed E-state index contributed by atoms with van der Waals surface area (Å²) in [5.74, 6) is -0.396. The van der Waals surface area contributed by atoms with Crippen LogP contribution in [0, 0.1) is 11.3 Å². The van der Waals surface area contributed by atoms with Crippen LogP contribution in [0.5, 0.6) is 0 Å². The Bertz CT molecular complexity index is 150. The van der Waals surface area contributed by atoms with E-state index in [1.807, 2.05) is 6.92 Å². The van der Waals surface area contributed by atoms with Crippen molar-refractivity contribution >= 4 is 5.97 Å². The van der Waals surface area contributed by atoms with Crippen LogP contribution in [-0.4, -0.2) is 11.1 Å². The van der Waals surface area contributed by atoms with Crippen LogP contribution < -0.4 is 0 Å². The van der Waals surface area contributed by atoms with Crippen molar-refractivity contribution in [2.45, 2.75) is 47.0 Å². The summed E-state index contributed by atoms with van der Waals surface area (Å²) in [5, 5.41) is 8.55. The van der Waals surface area contributed by atoms with Crippen LogP contribution in [0.1, 0.15) is 47.0 Å². The molecule has 1 atom stereocenters. The number of carboxylic acids is 1. The molecule has 0 bridgehead atoms. The van der Waals surface area contributed by atoms with Crippen molar-refractivity contribution in [3.8, 4) is 0 Å². The number of aliphatic carboxylic acids is 1. The molecule has 12 heavy (non-hydrogen) atoms. The van der Waals surface area contributed by atoms with E-state index < -0.39 is 5.97 Å². The number of hydrogen-bond acceptors (Lipinski definition) is 1. The van der Waals surface area contributed by atoms with Gasteiger partial charge in [0.2, 0.25) is 0 Å². The second kappa shape index (κ2) is 4.48. The zero-order valence-electron chi connectivity index (χ0n) is 8.55. The predicted octanol–water partition coefficient (Wildman–Crippen LogP) is 2.92. The summed E-state index contributed by atoms with van der Waals surface area (Å²) < 4.78 is 0. The van der Waals surface area contributed by atoms with Gasteiger partial charge in [-0.15, -0.1) is 0 Å². The minimum absolute atomic E-state index is 0.287. The molecule has 0 aromatic heterocycles. The van der Waals surface area contributed by atoms with Gasteiger partial charge in [-0.2, -0.15) is 0 Å². The fourth-order valence-corrected chi connectivity index (χ4v) is 1.46. The van der Waals surface area contributed by atoms with E-state index in [9.17, 15) is 4.79 Å². The molecule has 0 fully saturated rings. The van der Waals surface area contributed by atoms with Crippen molar-refractivity contribution in [3.05, 3.63) is 0 Å². The molecule has 0 rings (SSSR count). The Hall–Kier alpha value is -0.530. The van der Waals surface area contributed by atoms with Crippen molar-refractivity contribution in [1.29, 1.82) is 0 Å². The molecule has 2 nitrogen and oxygen atoms in total. The topological polar surface area (TPSA) is 37.3 Å². The third-order valence-electron chi connectivity index (χ3n) is 2.38. The molecule has 72 valence electrons. The first-order chi connectivity index (χ1) is 5.37. The lowest BCUT2D eigenvalue weighted by atomic mass is 9.80. The Balaban J connectivity index is 3.83. The second-order valence-electron chi connectivity index (χ2n) is 4.42. The highest BCUT2D eigenvalue weighted by Crippen LogP contribution is 2.29. The summed E-state index contributed by atoms with van der Waals surface area (Å²) in [6.45, 7) is 8.52. The number of hydrogen-bond donors (Lipinski definition) is 1. The minimum atomic E-state index is -0.686. The maximum Gasteiger partial charge on any atom is 0.303 e. The average Bonchev–Trinajstić information content (AvgIpc) is 1.84. The van der Waals surface area contributed by atoms with Crippen LogP contribution in [-0.2, 0) is 4.79 Å². The quantitative estimate of drug-likeness (QED) is 0.692. The van der Waals surface area contributed by atoms with E-state index in [1.165, 1.54) is 0 Å². The van der Waals surface area contributed by atoms with Gasteiger partial charge in [-0.05, 0) is 17.8 Å². The smallest absolute Gasteiger partial charge is 0.303 e. The van der Waals surface area contributed by atoms with Crippen molar-refractivity contribution in [2.24, 2.45) is 11.3 Å². The molecule has 0 amide bonds. The molecule has 0 aliphatic rings. The maximum absolute atomic E-state index is 10.4. The fourth-order valence-electron chi connectivity index (χ4n) is 1.46. The zero-order chi connectivity index (χ0) is 9.78. The summed E-state index contributed by atoms with van der Waals surface area (Å²) >= 11 is 0. The standard InChI is InChI=1S/C10H20O2/c1-5-10(3,4)7-8(2)6-9(11)12/h8H,5-7H2,1-4H3,(H,11,12). The largest absolute Gasteiger partial charge is 0.481 e. The van der Waals surface area contributed by atoms with Crippen LogP contribution in [0.25, 0.3) is 0 Å². The van der Waals surface area contributed by atoms with Crippen molar-refractivity contribution in [1.82, 2.24) is 0 Å². The van der Waals surface area contributed by atoms with E-state index >= 15 is 0 Å². The van der Waals surface area contributed by atoms with Crippen molar-refractivity contribution in [2.75, 3.05) is 0 Å². The molecular formula is C10H20O2. The van der Waals surface area contributed by atoms with Gasteiger partial charge in [0, 0.05) is 6.42 Å². The number of rotatable bonds is 5. The second-order valence-corrected chi connectivity index (χ2v) is 4.42. The number of carbonyl (C=O) groups is 1. The Morgan fingerprint density at radius 1 is 1.50 bits per heavy atom. The van der Waals surface area contributed by atoms with E-state index in [-0.39, 0.29) is 11.3 Å². The van der Waals surface area contributed by atoms with Crippen LogP contribution in [0.15, 0.2) is 0 Å². The zero-order valence-corrected chi connectivity index (χ0v) is 8.55. The molecule has 0 aromatic carbocycles. The highest BCUT2D eigenvalue weighted by molar-refractivity contribution is 5.66. The predicted molar refractivity (Wildman–Crippen MR) is 50.1 cm³/mol. The van der Waals surface area contributed by atoms with Crippen molar-refractivity contribution < 1.29 is 9.90 Å². The Labute approximate surface area is 75.0 Å². The van der Waals surface area contributed by atoms with Gasteiger partial charge in [0.15, 0.2) is 0 Å². The SMILES string of the molecule is CCC(C)(C)CC(C)CC(=O)O. The molecule has 0 aromatic rings. The molecule has 0 spiro atoms. The first-order valence-corrected chi connectivity index (χ1v) is 4.59. The average molecular weight is 172 g/mol. The Morgan fingerprint density at radius 3 is 2.33 bits per heavy atom. The van der Waals surface area contributed by atoms with Crippen molar-refractivity contribution in [3.63, 3.8) is 0 Å². The van der Waals surface area contributed by atoms with E-state index in [1.54, 1.807) is 0 Å². The highest BCUT2D eigenvalue weighted by Gasteiger charge is 2.20. The lowest BCUT2D eigenvalue weighted by Crippen LogP contribution is -2.16. The maximum atomic E-state index is 10.4. The van der Waals surface area contributed by atoms with Crippen LogP contribution in [0.3, 0.4) is 0 Å². The summed E-state index contributed by atoms with van der Waals surface area (Å²) in [6.07, 6.45) is 2.40. The van der Waals surface area contributed by atoms with E-state index in [2.05, 4.69) is 20.8 Å². The molecule has 0 aliphatic carbocycles. The molecule has 0 saturated carbocycles. The minimum Gasteiger partial charge on any atom is -0.481 e. The van der Waals surface area contributed by atoms with E-state index in [4.69, 9.17) is 5.11 Å². The van der Waals surface area contributed by atoms with Crippen LogP contribution >= 0.6 is 0 Å². The third kappa shape index (κ3) is 5.16. The molecule has 0 aliphatic heterocycles. The molecule has 0 saturated heterocycles. The van der Waals surface area contributed by atoms with Gasteiger partial charge in [0.25, 0.3) is 0 Å². The lowest BCUT2D eigenvalue weighted by Gasteiger charge is -2.25. The summed E-state index contributed by atoms with van der Waals surface area (Å²) in [4.78, 5) is 10.4. The van der Waals surface area contributed by atoms with E-state index in [0.29, 0.717) is 6.42 Å². The molecule has 1 unspecified atom stereocenters. The van der Waals surface area contributed by atoms with Gasteiger partial charge in [0.1, 0.15) is 0 Å². The molecular weight excluding hydrogens is 152 g/mol. The Morgan fingerprint density at radius 2 is 2.00 bits per heavy atom. The summed E-state index contributed by atoms with van der Waals surface area (Å²) in [6, 6.07) is 0. The van der Waals surface area contributed by atoms with Gasteiger partial charge in [-0.3, -0.25) is 4.79 Å². The van der Waals surface area contributed by atoms with E-state index in [0.717, 1.165) is 12.8 Å². The lowest BCUT2D eigenvalue weighted by molar-refractivity contribution is -0.138. The third-order valence-corrected chi connectivity index (χ3v) is 2.38. The first-order valence-electron chi connectivity index (χ1n) is 4.59. The van der Waals surface area contributed by atoms with Gasteiger partial charge >= 0.3 is 5.97 Å². The number of carboxylic acid groups (broad SMARTS) is 1. The van der Waals surface area contributed by atoms with Crippen LogP contribution in [0.2, 0.25) is 0 Å². The van der Waals surface area contributed by atoms with Gasteiger partial charge in [0.05, 0.1) is 0 Å². The van der Waals surface area contributed by atoms with Gasteiger partial charge in [-0.1, -0.05) is 34.1 Å². The van der Waals surface area contributed by atoms with Gasteiger partial charge in [-0.25, -0.2) is 0 Å². The molecule has 0 radical (unpaired) electrons. The molecule has 1 N–H and O–H groups in total. The summed E-state index contributed by atoms with van der Waals surface area (Å²) in [5.41, 5.74) is 0.287. The normalized spacial score (nSPS) is 14.3. The van der Waals surface area contributed by atoms with Gasteiger partial charge < -0.3 is 5.11 Å². The Kier molecular flexibility index (Phi) is 4.29.